The number of benzene rings is 1. The van der Waals surface area contributed by atoms with Gasteiger partial charge in [-0.25, -0.2) is 4.79 Å². The molecule has 0 fully saturated rings. The summed E-state index contributed by atoms with van der Waals surface area (Å²) in [5, 5.41) is 15.8. The second-order valence-corrected chi connectivity index (χ2v) is 3.04. The van der Waals surface area contributed by atoms with Gasteiger partial charge >= 0.3 is 5.97 Å². The van der Waals surface area contributed by atoms with E-state index in [2.05, 4.69) is 10.2 Å². The molecule has 80 valence electrons. The predicted octanol–water partition coefficient (Wildman–Crippen LogP) is 1.83. The van der Waals surface area contributed by atoms with Crippen molar-refractivity contribution in [2.45, 2.75) is 0 Å². The van der Waals surface area contributed by atoms with Crippen LogP contribution in [-0.4, -0.2) is 21.3 Å². The average molecular weight is 216 g/mol. The Morgan fingerprint density at radius 2 is 2.31 bits per heavy atom. The Bertz CT molecular complexity index is 518. The van der Waals surface area contributed by atoms with Crippen LogP contribution in [0.3, 0.4) is 0 Å². The fourth-order valence-electron chi connectivity index (χ4n) is 1.24. The van der Waals surface area contributed by atoms with Gasteiger partial charge in [0.1, 0.15) is 0 Å². The van der Waals surface area contributed by atoms with Crippen LogP contribution in [0.2, 0.25) is 0 Å². The van der Waals surface area contributed by atoms with E-state index in [1.54, 1.807) is 18.2 Å². The van der Waals surface area contributed by atoms with Gasteiger partial charge in [-0.15, -0.1) is 10.2 Å². The topological polar surface area (TPSA) is 76.2 Å². The Kier molecular flexibility index (Phi) is 2.77. The molecule has 5 heteroatoms. The third-order valence-corrected chi connectivity index (χ3v) is 1.91. The molecule has 0 atom stereocenters. The summed E-state index contributed by atoms with van der Waals surface area (Å²) >= 11 is 0. The molecular formula is C11H8N2O3. The van der Waals surface area contributed by atoms with E-state index in [0.29, 0.717) is 5.89 Å². The SMILES string of the molecule is O=C(O)/C=C/c1cccc(-c2nnco2)c1. The molecule has 2 aromatic rings. The highest BCUT2D eigenvalue weighted by Crippen LogP contribution is 2.17. The maximum absolute atomic E-state index is 10.4. The first-order valence-electron chi connectivity index (χ1n) is 4.53. The maximum Gasteiger partial charge on any atom is 0.328 e. The van der Waals surface area contributed by atoms with Gasteiger partial charge in [-0.2, -0.15) is 0 Å². The number of aromatic nitrogens is 2. The van der Waals surface area contributed by atoms with E-state index in [4.69, 9.17) is 9.52 Å². The molecule has 5 nitrogen and oxygen atoms in total. The lowest BCUT2D eigenvalue weighted by molar-refractivity contribution is -0.131. The summed E-state index contributed by atoms with van der Waals surface area (Å²) < 4.78 is 5.04. The zero-order valence-electron chi connectivity index (χ0n) is 8.20. The number of carbonyl (C=O) groups is 1. The highest BCUT2D eigenvalue weighted by molar-refractivity contribution is 5.85. The quantitative estimate of drug-likeness (QED) is 0.792. The van der Waals surface area contributed by atoms with Gasteiger partial charge < -0.3 is 9.52 Å². The number of aliphatic carboxylic acids is 1. The van der Waals surface area contributed by atoms with Gasteiger partial charge in [0, 0.05) is 11.6 Å². The summed E-state index contributed by atoms with van der Waals surface area (Å²) in [6.45, 7) is 0. The standard InChI is InChI=1S/C11H8N2O3/c14-10(15)5-4-8-2-1-3-9(6-8)11-13-12-7-16-11/h1-7H,(H,14,15)/b5-4+. The fourth-order valence-corrected chi connectivity index (χ4v) is 1.24. The van der Waals surface area contributed by atoms with Crippen molar-refractivity contribution in [3.05, 3.63) is 42.3 Å². The normalized spacial score (nSPS) is 10.8. The molecule has 0 aliphatic carbocycles. The van der Waals surface area contributed by atoms with Crippen LogP contribution in [-0.2, 0) is 4.79 Å². The number of nitrogens with zero attached hydrogens (tertiary/aromatic N) is 2. The van der Waals surface area contributed by atoms with Crippen LogP contribution in [0.15, 0.2) is 41.2 Å². The molecular weight excluding hydrogens is 208 g/mol. The van der Waals surface area contributed by atoms with Crippen molar-refractivity contribution >= 4 is 12.0 Å². The fraction of sp³-hybridized carbons (Fsp3) is 0. The number of carboxylic acids is 1. The summed E-state index contributed by atoms with van der Waals surface area (Å²) in [5.74, 6) is -0.575. The van der Waals surface area contributed by atoms with E-state index < -0.39 is 5.97 Å². The predicted molar refractivity (Wildman–Crippen MR) is 56.4 cm³/mol. The van der Waals surface area contributed by atoms with Gasteiger partial charge in [-0.1, -0.05) is 12.1 Å². The largest absolute Gasteiger partial charge is 0.478 e. The Balaban J connectivity index is 2.30. The molecule has 0 spiro atoms. The minimum absolute atomic E-state index is 0.408. The average Bonchev–Trinajstić information content (AvgIpc) is 2.80. The number of hydrogen-bond acceptors (Lipinski definition) is 4. The van der Waals surface area contributed by atoms with E-state index in [9.17, 15) is 4.79 Å². The lowest BCUT2D eigenvalue weighted by Gasteiger charge is -1.96. The maximum atomic E-state index is 10.4. The lowest BCUT2D eigenvalue weighted by atomic mass is 10.1. The van der Waals surface area contributed by atoms with Crippen LogP contribution in [0.5, 0.6) is 0 Å². The van der Waals surface area contributed by atoms with Gasteiger partial charge in [-0.3, -0.25) is 0 Å². The Morgan fingerprint density at radius 3 is 3.00 bits per heavy atom. The number of hydrogen-bond donors (Lipinski definition) is 1. The van der Waals surface area contributed by atoms with Crippen LogP contribution in [0.4, 0.5) is 0 Å². The van der Waals surface area contributed by atoms with Crippen LogP contribution < -0.4 is 0 Å². The zero-order valence-corrected chi connectivity index (χ0v) is 8.20. The van der Waals surface area contributed by atoms with Gasteiger partial charge in [-0.05, 0) is 23.8 Å². The summed E-state index contributed by atoms with van der Waals surface area (Å²) in [7, 11) is 0. The van der Waals surface area contributed by atoms with Crippen LogP contribution in [0, 0.1) is 0 Å². The molecule has 0 bridgehead atoms. The summed E-state index contributed by atoms with van der Waals surface area (Å²) in [6, 6.07) is 7.17. The van der Waals surface area contributed by atoms with Crippen molar-refractivity contribution in [1.29, 1.82) is 0 Å². The summed E-state index contributed by atoms with van der Waals surface area (Å²) in [4.78, 5) is 10.4. The number of rotatable bonds is 3. The molecule has 0 unspecified atom stereocenters. The molecule has 0 radical (unpaired) electrons. The Labute approximate surface area is 91.1 Å². The lowest BCUT2D eigenvalue weighted by Crippen LogP contribution is -1.86. The van der Waals surface area contributed by atoms with Crippen molar-refractivity contribution in [2.75, 3.05) is 0 Å². The molecule has 0 aliphatic heterocycles. The van der Waals surface area contributed by atoms with E-state index in [0.717, 1.165) is 17.2 Å². The molecule has 1 aromatic heterocycles. The van der Waals surface area contributed by atoms with Crippen LogP contribution in [0.25, 0.3) is 17.5 Å². The Hall–Kier alpha value is -2.43. The molecule has 0 amide bonds. The highest BCUT2D eigenvalue weighted by Gasteiger charge is 2.02. The summed E-state index contributed by atoms with van der Waals surface area (Å²) in [5.41, 5.74) is 1.52. The monoisotopic (exact) mass is 216 g/mol. The zero-order chi connectivity index (χ0) is 11.4. The van der Waals surface area contributed by atoms with Crippen molar-refractivity contribution in [3.63, 3.8) is 0 Å². The van der Waals surface area contributed by atoms with Gasteiger partial charge in [0.2, 0.25) is 12.3 Å². The number of carboxylic acid groups (broad SMARTS) is 1. The molecule has 0 aliphatic rings. The molecule has 0 saturated carbocycles. The van der Waals surface area contributed by atoms with Crippen LogP contribution in [0.1, 0.15) is 5.56 Å². The minimum Gasteiger partial charge on any atom is -0.478 e. The summed E-state index contributed by atoms with van der Waals surface area (Å²) in [6.07, 6.45) is 3.82. The van der Waals surface area contributed by atoms with Crippen molar-refractivity contribution in [2.24, 2.45) is 0 Å². The molecule has 1 aromatic carbocycles. The van der Waals surface area contributed by atoms with Crippen molar-refractivity contribution in [1.82, 2.24) is 10.2 Å². The third kappa shape index (κ3) is 2.33. The third-order valence-electron chi connectivity index (χ3n) is 1.91. The Morgan fingerprint density at radius 1 is 1.44 bits per heavy atom. The molecule has 1 N–H and O–H groups in total. The first-order chi connectivity index (χ1) is 7.75. The molecule has 0 saturated heterocycles. The molecule has 2 rings (SSSR count). The molecule has 1 heterocycles. The first-order valence-corrected chi connectivity index (χ1v) is 4.53. The minimum atomic E-state index is -0.983. The molecule has 16 heavy (non-hydrogen) atoms. The van der Waals surface area contributed by atoms with E-state index in [1.165, 1.54) is 12.5 Å². The first kappa shape index (κ1) is 10.1. The van der Waals surface area contributed by atoms with Gasteiger partial charge in [0.05, 0.1) is 0 Å². The van der Waals surface area contributed by atoms with Crippen molar-refractivity contribution in [3.8, 4) is 11.5 Å². The highest BCUT2D eigenvalue weighted by atomic mass is 16.4. The smallest absolute Gasteiger partial charge is 0.328 e. The van der Waals surface area contributed by atoms with Crippen LogP contribution >= 0.6 is 0 Å². The second-order valence-electron chi connectivity index (χ2n) is 3.04. The second kappa shape index (κ2) is 4.39. The van der Waals surface area contributed by atoms with E-state index in [1.807, 2.05) is 6.07 Å². The van der Waals surface area contributed by atoms with Gasteiger partial charge in [0.15, 0.2) is 0 Å². The van der Waals surface area contributed by atoms with Crippen molar-refractivity contribution < 1.29 is 14.3 Å². The van der Waals surface area contributed by atoms with E-state index in [-0.39, 0.29) is 0 Å². The van der Waals surface area contributed by atoms with Gasteiger partial charge in [0.25, 0.3) is 0 Å². The van der Waals surface area contributed by atoms with E-state index >= 15 is 0 Å².